The van der Waals surface area contributed by atoms with E-state index >= 15 is 0 Å². The Balaban J connectivity index is 1.46. The van der Waals surface area contributed by atoms with Crippen LogP contribution in [0.25, 0.3) is 10.8 Å². The van der Waals surface area contributed by atoms with Gasteiger partial charge in [0.25, 0.3) is 11.7 Å². The number of hydrogen-bond donors (Lipinski definition) is 7. The Morgan fingerprint density at radius 3 is 2.15 bits per heavy atom. The van der Waals surface area contributed by atoms with Crippen LogP contribution in [0.15, 0.2) is 41.2 Å². The van der Waals surface area contributed by atoms with Gasteiger partial charge in [0.05, 0.1) is 59.1 Å². The smallest absolute Gasteiger partial charge is 0.312 e. The van der Waals surface area contributed by atoms with Crippen molar-refractivity contribution >= 4 is 34.4 Å². The Hall–Kier alpha value is -4.67. The van der Waals surface area contributed by atoms with Crippen molar-refractivity contribution in [3.8, 4) is 23.0 Å². The summed E-state index contributed by atoms with van der Waals surface area (Å²) in [5.74, 6) is -7.52. The molecule has 1 saturated heterocycles. The van der Waals surface area contributed by atoms with Crippen LogP contribution in [0.3, 0.4) is 0 Å². The highest BCUT2D eigenvalue weighted by molar-refractivity contribution is 6.23. The van der Waals surface area contributed by atoms with Crippen LogP contribution < -0.4 is 10.1 Å². The van der Waals surface area contributed by atoms with Crippen molar-refractivity contribution in [1.82, 2.24) is 9.91 Å². The monoisotopic (exact) mass is 834 g/mol. The van der Waals surface area contributed by atoms with Crippen LogP contribution in [-0.2, 0) is 14.3 Å². The standard InChI is InChI=1S/C45H62N4O11/c1-23-12-11-13-24(2)44(57)47-35-30(22-46-49-19-17-48(18-20-49)29-14-9-10-15-29)40(54)32-33(41(35)55)39(53)28(6)42-34(32)43(56)45(7,60-42)59-21-16-31(58-8)25(3)37(51)27(5)38(52)26(4)36(23)50/h11-13,16,21-23,25-27,29,31,36-38,50-55H,9-10,14-15,17-20H2,1-8H3,(H,47,57)/b12-11+,21-16+,24-13+,46-22+/t23-,25+,26+,27-,31-,36-,37+,38+,45-/m0/s1. The Bertz CT molecular complexity index is 2070. The van der Waals surface area contributed by atoms with Gasteiger partial charge in [-0.2, -0.15) is 5.10 Å². The molecular weight excluding hydrogens is 773 g/mol. The molecule has 4 heterocycles. The number of fused-ring (bicyclic) bond motifs is 14. The molecule has 1 aliphatic carbocycles. The highest BCUT2D eigenvalue weighted by atomic mass is 16.7. The number of aliphatic hydroxyl groups excluding tert-OH is 3. The number of ketones is 1. The van der Waals surface area contributed by atoms with Crippen LogP contribution in [0.4, 0.5) is 5.69 Å². The highest BCUT2D eigenvalue weighted by Crippen LogP contribution is 2.55. The Morgan fingerprint density at radius 2 is 1.50 bits per heavy atom. The number of piperazine rings is 1. The molecule has 7 N–H and O–H groups in total. The zero-order chi connectivity index (χ0) is 43.8. The summed E-state index contributed by atoms with van der Waals surface area (Å²) >= 11 is 0. The lowest BCUT2D eigenvalue weighted by molar-refractivity contribution is -0.112. The van der Waals surface area contributed by atoms with Gasteiger partial charge in [0.1, 0.15) is 17.2 Å². The van der Waals surface area contributed by atoms with E-state index in [4.69, 9.17) is 14.2 Å². The lowest BCUT2D eigenvalue weighted by atomic mass is 9.78. The molecule has 0 radical (unpaired) electrons. The normalized spacial score (nSPS) is 33.5. The van der Waals surface area contributed by atoms with Crippen molar-refractivity contribution < 1.29 is 54.4 Å². The van der Waals surface area contributed by atoms with Gasteiger partial charge in [-0.1, -0.05) is 58.8 Å². The third-order valence-corrected chi connectivity index (χ3v) is 13.3. The van der Waals surface area contributed by atoms with E-state index in [0.29, 0.717) is 19.1 Å². The topological polar surface area (TPSA) is 214 Å². The van der Waals surface area contributed by atoms with Crippen molar-refractivity contribution in [2.45, 2.75) is 110 Å². The van der Waals surface area contributed by atoms with E-state index in [1.807, 2.05) is 5.01 Å². The van der Waals surface area contributed by atoms with Gasteiger partial charge in [0, 0.05) is 86.4 Å². The number of methoxy groups -OCH3 is 1. The minimum absolute atomic E-state index is 0.0742. The molecule has 2 fully saturated rings. The zero-order valence-corrected chi connectivity index (χ0v) is 35.9. The van der Waals surface area contributed by atoms with Gasteiger partial charge in [-0.05, 0) is 32.8 Å². The highest BCUT2D eigenvalue weighted by Gasteiger charge is 2.50. The van der Waals surface area contributed by atoms with Crippen LogP contribution in [0.2, 0.25) is 0 Å². The summed E-state index contributed by atoms with van der Waals surface area (Å²) < 4.78 is 17.8. The number of carbonyl (C=O) groups is 2. The van der Waals surface area contributed by atoms with Crippen LogP contribution in [0.1, 0.15) is 88.7 Å². The number of phenolic OH excluding ortho intramolecular Hbond substituents is 3. The molecular formula is C45H62N4O11. The third kappa shape index (κ3) is 8.47. The summed E-state index contributed by atoms with van der Waals surface area (Å²) in [4.78, 5) is 30.7. The third-order valence-electron chi connectivity index (χ3n) is 13.3. The van der Waals surface area contributed by atoms with Gasteiger partial charge >= 0.3 is 5.79 Å². The van der Waals surface area contributed by atoms with E-state index in [-0.39, 0.29) is 44.5 Å². The van der Waals surface area contributed by atoms with Gasteiger partial charge < -0.3 is 50.2 Å². The van der Waals surface area contributed by atoms with Crippen LogP contribution >= 0.6 is 0 Å². The molecule has 4 aliphatic heterocycles. The van der Waals surface area contributed by atoms with Gasteiger partial charge in [0.15, 0.2) is 5.75 Å². The number of Topliss-reactive ketones (excluding diaryl/α,β-unsaturated/α-hetero) is 1. The number of amides is 1. The second-order valence-electron chi connectivity index (χ2n) is 17.2. The van der Waals surface area contributed by atoms with Crippen molar-refractivity contribution in [2.75, 3.05) is 38.6 Å². The number of hydrogen-bond acceptors (Lipinski definition) is 14. The Labute approximate surface area is 351 Å². The van der Waals surface area contributed by atoms with Crippen LogP contribution in [-0.4, -0.2) is 128 Å². The molecule has 1 saturated carbocycles. The molecule has 2 aromatic rings. The van der Waals surface area contributed by atoms with E-state index < -0.39 is 82.8 Å². The number of nitrogens with zero attached hydrogens (tertiary/aromatic N) is 3. The van der Waals surface area contributed by atoms with Gasteiger partial charge in [0.2, 0.25) is 0 Å². The average Bonchev–Trinajstić information content (AvgIpc) is 3.87. The van der Waals surface area contributed by atoms with Crippen molar-refractivity contribution in [3.05, 3.63) is 52.8 Å². The summed E-state index contributed by atoms with van der Waals surface area (Å²) in [5.41, 5.74) is -0.233. The van der Waals surface area contributed by atoms with E-state index in [1.54, 1.807) is 46.8 Å². The van der Waals surface area contributed by atoms with E-state index in [0.717, 1.165) is 13.1 Å². The fourth-order valence-electron chi connectivity index (χ4n) is 9.08. The fourth-order valence-corrected chi connectivity index (χ4v) is 9.08. The summed E-state index contributed by atoms with van der Waals surface area (Å²) in [7, 11) is 1.45. The van der Waals surface area contributed by atoms with Crippen LogP contribution in [0.5, 0.6) is 23.0 Å². The summed E-state index contributed by atoms with van der Waals surface area (Å²) in [6, 6.07) is 0.561. The van der Waals surface area contributed by atoms with Crippen molar-refractivity contribution in [2.24, 2.45) is 28.8 Å². The first kappa shape index (κ1) is 44.9. The van der Waals surface area contributed by atoms with Gasteiger partial charge in [-0.3, -0.25) is 19.5 Å². The number of nitrogens with one attached hydrogen (secondary N) is 1. The fraction of sp³-hybridized carbons (Fsp3) is 0.578. The molecule has 7 rings (SSSR count). The molecule has 60 heavy (non-hydrogen) atoms. The first-order valence-electron chi connectivity index (χ1n) is 21.0. The van der Waals surface area contributed by atoms with Gasteiger partial charge in [-0.15, -0.1) is 0 Å². The first-order chi connectivity index (χ1) is 28.4. The molecule has 2 aromatic carbocycles. The number of carbonyl (C=O) groups excluding carboxylic acids is 2. The van der Waals surface area contributed by atoms with E-state index in [9.17, 15) is 40.2 Å². The maximum Gasteiger partial charge on any atom is 0.312 e. The minimum atomic E-state index is -2.01. The molecule has 1 amide bonds. The predicted molar refractivity (Wildman–Crippen MR) is 227 cm³/mol. The second kappa shape index (κ2) is 18.1. The van der Waals surface area contributed by atoms with Crippen molar-refractivity contribution in [1.29, 1.82) is 0 Å². The molecule has 5 bridgehead atoms. The van der Waals surface area contributed by atoms with Gasteiger partial charge in [-0.25, -0.2) is 0 Å². The Kier molecular flexibility index (Phi) is 13.6. The average molecular weight is 835 g/mol. The number of aliphatic hydroxyl groups is 3. The summed E-state index contributed by atoms with van der Waals surface area (Å²) in [6.45, 7) is 14.1. The number of phenols is 3. The minimum Gasteiger partial charge on any atom is -0.507 e. The first-order valence-corrected chi connectivity index (χ1v) is 21.0. The number of aromatic hydroxyl groups is 3. The number of hydrazone groups is 1. The summed E-state index contributed by atoms with van der Waals surface area (Å²) in [6.07, 6.45) is 9.71. The predicted octanol–water partition coefficient (Wildman–Crippen LogP) is 5.08. The number of anilines is 1. The van der Waals surface area contributed by atoms with E-state index in [2.05, 4.69) is 15.3 Å². The largest absolute Gasteiger partial charge is 0.507 e. The SMILES string of the molecule is CO[C@H]1/C=C/O[C@@]2(C)Oc3c(C)c(O)c4c(O)c(c(/C=N/N5CCN(C6CCCC6)CC5)c(O)c4c3C2=O)NC(=O)/C(C)=C/C=C/[C@H](C)[C@H](O)[C@@H](C)[C@@H](O)[C@@H](C)[C@H](O)[C@@H]1C. The second-order valence-corrected chi connectivity index (χ2v) is 17.2. The zero-order valence-electron chi connectivity index (χ0n) is 35.9. The maximum atomic E-state index is 14.4. The van der Waals surface area contributed by atoms with Crippen LogP contribution in [0, 0.1) is 30.6 Å². The Morgan fingerprint density at radius 1 is 0.867 bits per heavy atom. The molecule has 9 atom stereocenters. The number of ether oxygens (including phenoxy) is 3. The molecule has 5 aliphatic rings. The molecule has 328 valence electrons. The number of rotatable bonds is 4. The van der Waals surface area contributed by atoms with Crippen molar-refractivity contribution in [3.63, 3.8) is 0 Å². The molecule has 0 unspecified atom stereocenters. The lowest BCUT2D eigenvalue weighted by Crippen LogP contribution is -2.47. The molecule has 15 nitrogen and oxygen atoms in total. The molecule has 15 heteroatoms. The molecule has 0 aromatic heterocycles. The molecule has 0 spiro atoms. The number of allylic oxidation sites excluding steroid dienone is 2. The summed E-state index contributed by atoms with van der Waals surface area (Å²) in [5, 5.41) is 78.4. The number of benzene rings is 2. The quantitative estimate of drug-likeness (QED) is 0.122. The van der Waals surface area contributed by atoms with E-state index in [1.165, 1.54) is 71.3 Å². The lowest BCUT2D eigenvalue weighted by Gasteiger charge is -2.36. The maximum absolute atomic E-state index is 14.4.